The van der Waals surface area contributed by atoms with Crippen LogP contribution in [0.4, 0.5) is 5.69 Å². The van der Waals surface area contributed by atoms with Gasteiger partial charge in [-0.3, -0.25) is 0 Å². The second-order valence-corrected chi connectivity index (χ2v) is 6.27. The van der Waals surface area contributed by atoms with Crippen molar-refractivity contribution >= 4 is 15.5 Å². The summed E-state index contributed by atoms with van der Waals surface area (Å²) in [5.41, 5.74) is 8.09. The van der Waals surface area contributed by atoms with Crippen LogP contribution in [0, 0.1) is 0 Å². The fourth-order valence-corrected chi connectivity index (χ4v) is 2.46. The Bertz CT molecular complexity index is 691. The van der Waals surface area contributed by atoms with Gasteiger partial charge >= 0.3 is 0 Å². The molecule has 0 saturated heterocycles. The molecule has 100 valence electrons. The van der Waals surface area contributed by atoms with E-state index in [4.69, 9.17) is 10.5 Å². The molecule has 2 aromatic rings. The fraction of sp³-hybridized carbons (Fsp3) is 0.143. The molecule has 0 radical (unpaired) electrons. The van der Waals surface area contributed by atoms with E-state index in [9.17, 15) is 8.42 Å². The molecule has 0 amide bonds. The highest BCUT2D eigenvalue weighted by atomic mass is 32.2. The highest BCUT2D eigenvalue weighted by Gasteiger charge is 2.09. The van der Waals surface area contributed by atoms with Crippen molar-refractivity contribution in [3.8, 4) is 16.9 Å². The lowest BCUT2D eigenvalue weighted by Crippen LogP contribution is -1.96. The number of nitrogen functional groups attached to an aromatic ring is 1. The van der Waals surface area contributed by atoms with Gasteiger partial charge < -0.3 is 10.5 Å². The SMILES string of the molecule is COc1ccc(N)cc1-c1ccc(S(C)(=O)=O)cc1. The topological polar surface area (TPSA) is 69.4 Å². The number of hydrogen-bond acceptors (Lipinski definition) is 4. The van der Waals surface area contributed by atoms with Crippen LogP contribution in [0.2, 0.25) is 0 Å². The van der Waals surface area contributed by atoms with E-state index in [1.54, 1.807) is 49.6 Å². The Labute approximate surface area is 112 Å². The molecule has 4 nitrogen and oxygen atoms in total. The van der Waals surface area contributed by atoms with Gasteiger partial charge in [0.05, 0.1) is 12.0 Å². The number of ether oxygens (including phenoxy) is 1. The molecule has 0 aliphatic carbocycles. The highest BCUT2D eigenvalue weighted by molar-refractivity contribution is 7.90. The molecule has 2 rings (SSSR count). The van der Waals surface area contributed by atoms with Crippen LogP contribution in [-0.2, 0) is 9.84 Å². The van der Waals surface area contributed by atoms with Crippen molar-refractivity contribution in [2.45, 2.75) is 4.90 Å². The van der Waals surface area contributed by atoms with Crippen LogP contribution >= 0.6 is 0 Å². The molecular weight excluding hydrogens is 262 g/mol. The molecule has 0 atom stereocenters. The Morgan fingerprint density at radius 2 is 1.68 bits per heavy atom. The standard InChI is InChI=1S/C14H15NO3S/c1-18-14-8-5-11(15)9-13(14)10-3-6-12(7-4-10)19(2,16)17/h3-9H,15H2,1-2H3. The predicted octanol–water partition coefficient (Wildman–Crippen LogP) is 2.35. The van der Waals surface area contributed by atoms with Crippen molar-refractivity contribution in [2.24, 2.45) is 0 Å². The van der Waals surface area contributed by atoms with Crippen molar-refractivity contribution in [3.05, 3.63) is 42.5 Å². The monoisotopic (exact) mass is 277 g/mol. The zero-order valence-corrected chi connectivity index (χ0v) is 11.6. The third-order valence-electron chi connectivity index (χ3n) is 2.82. The minimum absolute atomic E-state index is 0.291. The van der Waals surface area contributed by atoms with Gasteiger partial charge in [-0.25, -0.2) is 8.42 Å². The quantitative estimate of drug-likeness (QED) is 0.874. The van der Waals surface area contributed by atoms with Crippen molar-refractivity contribution in [3.63, 3.8) is 0 Å². The van der Waals surface area contributed by atoms with Gasteiger partial charge in [-0.15, -0.1) is 0 Å². The summed E-state index contributed by atoms with van der Waals surface area (Å²) in [6.07, 6.45) is 1.18. The number of sulfone groups is 1. The third kappa shape index (κ3) is 2.88. The summed E-state index contributed by atoms with van der Waals surface area (Å²) in [4.78, 5) is 0.291. The van der Waals surface area contributed by atoms with Crippen molar-refractivity contribution < 1.29 is 13.2 Å². The molecule has 5 heteroatoms. The second kappa shape index (κ2) is 4.93. The average Bonchev–Trinajstić information content (AvgIpc) is 2.38. The van der Waals surface area contributed by atoms with E-state index in [1.807, 2.05) is 0 Å². The molecule has 0 fully saturated rings. The summed E-state index contributed by atoms with van der Waals surface area (Å²) < 4.78 is 28.1. The largest absolute Gasteiger partial charge is 0.496 e. The molecule has 19 heavy (non-hydrogen) atoms. The molecule has 0 aliphatic heterocycles. The molecule has 0 aliphatic rings. The van der Waals surface area contributed by atoms with Gasteiger partial charge in [-0.1, -0.05) is 12.1 Å². The Kier molecular flexibility index (Phi) is 3.48. The first-order valence-electron chi connectivity index (χ1n) is 5.66. The zero-order chi connectivity index (χ0) is 14.0. The lowest BCUT2D eigenvalue weighted by atomic mass is 10.0. The molecule has 0 bridgehead atoms. The maximum absolute atomic E-state index is 11.4. The predicted molar refractivity (Wildman–Crippen MR) is 76.0 cm³/mol. The molecule has 0 aromatic heterocycles. The summed E-state index contributed by atoms with van der Waals surface area (Å²) in [7, 11) is -1.60. The van der Waals surface area contributed by atoms with Gasteiger partial charge in [0.2, 0.25) is 0 Å². The Morgan fingerprint density at radius 1 is 1.05 bits per heavy atom. The summed E-state index contributed by atoms with van der Waals surface area (Å²) in [6, 6.07) is 12.0. The lowest BCUT2D eigenvalue weighted by molar-refractivity contribution is 0.416. The number of rotatable bonds is 3. The van der Waals surface area contributed by atoms with Crippen LogP contribution in [0.15, 0.2) is 47.4 Å². The van der Waals surface area contributed by atoms with Gasteiger partial charge in [-0.2, -0.15) is 0 Å². The summed E-state index contributed by atoms with van der Waals surface area (Å²) in [5.74, 6) is 0.696. The van der Waals surface area contributed by atoms with Gasteiger partial charge in [0.25, 0.3) is 0 Å². The highest BCUT2D eigenvalue weighted by Crippen LogP contribution is 2.32. The second-order valence-electron chi connectivity index (χ2n) is 4.26. The van der Waals surface area contributed by atoms with Crippen molar-refractivity contribution in [2.75, 3.05) is 19.1 Å². The number of hydrogen-bond donors (Lipinski definition) is 1. The van der Waals surface area contributed by atoms with E-state index in [0.717, 1.165) is 11.1 Å². The number of methoxy groups -OCH3 is 1. The summed E-state index contributed by atoms with van der Waals surface area (Å²) in [6.45, 7) is 0. The van der Waals surface area contributed by atoms with Crippen LogP contribution < -0.4 is 10.5 Å². The van der Waals surface area contributed by atoms with Crippen LogP contribution in [0.1, 0.15) is 0 Å². The smallest absolute Gasteiger partial charge is 0.175 e. The van der Waals surface area contributed by atoms with E-state index < -0.39 is 9.84 Å². The minimum Gasteiger partial charge on any atom is -0.496 e. The van der Waals surface area contributed by atoms with E-state index in [1.165, 1.54) is 6.26 Å². The Morgan fingerprint density at radius 3 is 2.21 bits per heavy atom. The first kappa shape index (κ1) is 13.4. The molecule has 0 saturated carbocycles. The van der Waals surface area contributed by atoms with Crippen LogP contribution in [0.5, 0.6) is 5.75 Å². The molecule has 0 heterocycles. The Balaban J connectivity index is 2.51. The molecule has 2 aromatic carbocycles. The van der Waals surface area contributed by atoms with E-state index in [0.29, 0.717) is 16.3 Å². The van der Waals surface area contributed by atoms with E-state index in [2.05, 4.69) is 0 Å². The molecule has 0 spiro atoms. The fourth-order valence-electron chi connectivity index (χ4n) is 1.83. The van der Waals surface area contributed by atoms with Crippen molar-refractivity contribution in [1.82, 2.24) is 0 Å². The van der Waals surface area contributed by atoms with E-state index in [-0.39, 0.29) is 0 Å². The lowest BCUT2D eigenvalue weighted by Gasteiger charge is -2.10. The van der Waals surface area contributed by atoms with Gasteiger partial charge in [0, 0.05) is 17.5 Å². The number of benzene rings is 2. The first-order chi connectivity index (χ1) is 8.91. The minimum atomic E-state index is -3.18. The Hall–Kier alpha value is -2.01. The normalized spacial score (nSPS) is 11.3. The first-order valence-corrected chi connectivity index (χ1v) is 7.55. The van der Waals surface area contributed by atoms with Crippen LogP contribution in [0.25, 0.3) is 11.1 Å². The maximum Gasteiger partial charge on any atom is 0.175 e. The van der Waals surface area contributed by atoms with Crippen LogP contribution in [-0.4, -0.2) is 21.8 Å². The molecular formula is C14H15NO3S. The number of anilines is 1. The summed E-state index contributed by atoms with van der Waals surface area (Å²) in [5, 5.41) is 0. The average molecular weight is 277 g/mol. The van der Waals surface area contributed by atoms with Crippen LogP contribution in [0.3, 0.4) is 0 Å². The van der Waals surface area contributed by atoms with Gasteiger partial charge in [0.1, 0.15) is 5.75 Å². The van der Waals surface area contributed by atoms with Gasteiger partial charge in [-0.05, 0) is 35.9 Å². The number of nitrogens with two attached hydrogens (primary N) is 1. The zero-order valence-electron chi connectivity index (χ0n) is 10.8. The summed E-state index contributed by atoms with van der Waals surface area (Å²) >= 11 is 0. The maximum atomic E-state index is 11.4. The van der Waals surface area contributed by atoms with Crippen molar-refractivity contribution in [1.29, 1.82) is 0 Å². The third-order valence-corrected chi connectivity index (χ3v) is 3.95. The van der Waals surface area contributed by atoms with E-state index >= 15 is 0 Å². The molecule has 2 N–H and O–H groups in total. The molecule has 0 unspecified atom stereocenters. The van der Waals surface area contributed by atoms with Gasteiger partial charge in [0.15, 0.2) is 9.84 Å².